The van der Waals surface area contributed by atoms with Crippen molar-refractivity contribution in [1.29, 1.82) is 0 Å². The van der Waals surface area contributed by atoms with Crippen LogP contribution in [0.4, 0.5) is 0 Å². The lowest BCUT2D eigenvalue weighted by molar-refractivity contribution is -0.113. The maximum atomic E-state index is 12.6. The van der Waals surface area contributed by atoms with Crippen LogP contribution in [0.1, 0.15) is 36.5 Å². The van der Waals surface area contributed by atoms with Gasteiger partial charge >= 0.3 is 0 Å². The summed E-state index contributed by atoms with van der Waals surface area (Å²) in [6.45, 7) is 4.31. The first kappa shape index (κ1) is 18.9. The van der Waals surface area contributed by atoms with Crippen molar-refractivity contribution in [3.8, 4) is 0 Å². The lowest BCUT2D eigenvalue weighted by Gasteiger charge is -2.39. The van der Waals surface area contributed by atoms with Crippen molar-refractivity contribution in [3.63, 3.8) is 0 Å². The third-order valence-electron chi connectivity index (χ3n) is 6.04. The van der Waals surface area contributed by atoms with Gasteiger partial charge in [-0.2, -0.15) is 4.99 Å². The van der Waals surface area contributed by atoms with E-state index >= 15 is 0 Å². The van der Waals surface area contributed by atoms with Crippen molar-refractivity contribution in [2.24, 2.45) is 4.99 Å². The molecule has 0 aromatic heterocycles. The van der Waals surface area contributed by atoms with Crippen molar-refractivity contribution in [2.75, 3.05) is 13.1 Å². The third kappa shape index (κ3) is 3.31. The van der Waals surface area contributed by atoms with E-state index in [1.165, 1.54) is 22.9 Å². The van der Waals surface area contributed by atoms with E-state index in [4.69, 9.17) is 16.3 Å². The van der Waals surface area contributed by atoms with Crippen LogP contribution in [0.3, 0.4) is 0 Å². The number of aliphatic imine (C=N–C) groups is 1. The minimum absolute atomic E-state index is 0.162. The molecule has 1 spiro atoms. The molecule has 0 saturated carbocycles. The highest BCUT2D eigenvalue weighted by molar-refractivity contribution is 8.18. The highest BCUT2D eigenvalue weighted by Gasteiger charge is 2.43. The van der Waals surface area contributed by atoms with E-state index in [2.05, 4.69) is 34.2 Å². The largest absolute Gasteiger partial charge is 0.365 e. The van der Waals surface area contributed by atoms with Crippen LogP contribution in [-0.2, 0) is 21.7 Å². The number of amidine groups is 1. The van der Waals surface area contributed by atoms with Gasteiger partial charge in [0.05, 0.1) is 17.1 Å². The van der Waals surface area contributed by atoms with Crippen molar-refractivity contribution >= 4 is 40.0 Å². The van der Waals surface area contributed by atoms with Crippen LogP contribution in [0.2, 0.25) is 5.02 Å². The summed E-state index contributed by atoms with van der Waals surface area (Å²) in [6.07, 6.45) is 1.81. The summed E-state index contributed by atoms with van der Waals surface area (Å²) in [6, 6.07) is 16.1. The summed E-state index contributed by atoms with van der Waals surface area (Å²) < 4.78 is 6.25. The number of allylic oxidation sites excluding steroid dienone is 1. The zero-order chi connectivity index (χ0) is 20.0. The van der Waals surface area contributed by atoms with Crippen LogP contribution >= 0.6 is 23.4 Å². The van der Waals surface area contributed by atoms with Gasteiger partial charge in [0, 0.05) is 18.1 Å². The molecule has 2 aromatic rings. The number of nitrogens with zero attached hydrogens (tertiary/aromatic N) is 2. The van der Waals surface area contributed by atoms with Gasteiger partial charge in [-0.15, -0.1) is 0 Å². The van der Waals surface area contributed by atoms with Crippen molar-refractivity contribution < 1.29 is 9.53 Å². The number of amides is 1. The molecular weight excluding hydrogens is 404 g/mol. The summed E-state index contributed by atoms with van der Waals surface area (Å²) in [5, 5.41) is 1.46. The van der Waals surface area contributed by atoms with Crippen LogP contribution in [0, 0.1) is 0 Å². The molecule has 1 amide bonds. The van der Waals surface area contributed by atoms with Crippen molar-refractivity contribution in [3.05, 3.63) is 75.1 Å². The van der Waals surface area contributed by atoms with E-state index in [0.717, 1.165) is 42.2 Å². The highest BCUT2D eigenvalue weighted by atomic mass is 35.5. The van der Waals surface area contributed by atoms with E-state index < -0.39 is 0 Å². The summed E-state index contributed by atoms with van der Waals surface area (Å²) in [5.74, 6) is -0.162. The molecule has 3 aliphatic heterocycles. The third-order valence-corrected chi connectivity index (χ3v) is 7.49. The van der Waals surface area contributed by atoms with E-state index in [1.807, 2.05) is 31.2 Å². The molecular formula is C23H21ClN2O2S. The lowest BCUT2D eigenvalue weighted by Crippen LogP contribution is -2.44. The Labute approximate surface area is 179 Å². The Hall–Kier alpha value is -2.08. The fourth-order valence-electron chi connectivity index (χ4n) is 4.38. The Bertz CT molecular complexity index is 1050. The Morgan fingerprint density at radius 2 is 1.97 bits per heavy atom. The van der Waals surface area contributed by atoms with Gasteiger partial charge in [-0.05, 0) is 65.9 Å². The van der Waals surface area contributed by atoms with Crippen molar-refractivity contribution in [2.45, 2.75) is 32.0 Å². The van der Waals surface area contributed by atoms with E-state index in [9.17, 15) is 4.79 Å². The number of carbonyl (C=O) groups excluding carboxylic acids is 1. The number of halogens is 1. The van der Waals surface area contributed by atoms with Gasteiger partial charge in [-0.3, -0.25) is 4.79 Å². The van der Waals surface area contributed by atoms with Gasteiger partial charge in [-0.25, -0.2) is 0 Å². The molecule has 3 heterocycles. The number of thioether (sulfide) groups is 1. The van der Waals surface area contributed by atoms with Gasteiger partial charge in [0.25, 0.3) is 5.91 Å². The van der Waals surface area contributed by atoms with Crippen LogP contribution in [-0.4, -0.2) is 29.1 Å². The van der Waals surface area contributed by atoms with E-state index in [0.29, 0.717) is 16.5 Å². The molecule has 1 fully saturated rings. The fraction of sp³-hybridized carbons (Fsp3) is 0.304. The molecule has 0 atom stereocenters. The Balaban J connectivity index is 1.32. The molecule has 0 unspecified atom stereocenters. The predicted octanol–water partition coefficient (Wildman–Crippen LogP) is 5.22. The molecule has 2 aromatic carbocycles. The Morgan fingerprint density at radius 1 is 1.17 bits per heavy atom. The Kier molecular flexibility index (Phi) is 4.77. The van der Waals surface area contributed by atoms with Crippen LogP contribution in [0.25, 0.3) is 5.57 Å². The second-order valence-electron chi connectivity index (χ2n) is 7.69. The first-order valence-corrected chi connectivity index (χ1v) is 11.0. The summed E-state index contributed by atoms with van der Waals surface area (Å²) in [5.41, 5.74) is 4.32. The predicted molar refractivity (Wildman–Crippen MR) is 118 cm³/mol. The number of piperidine rings is 1. The SMILES string of the molecule is CC(=C1SC(N2CCC3(CC2)OCc2ccccc23)=NC1=O)c1cccc(Cl)c1. The maximum absolute atomic E-state index is 12.6. The topological polar surface area (TPSA) is 41.9 Å². The molecule has 4 nitrogen and oxygen atoms in total. The van der Waals surface area contributed by atoms with Gasteiger partial charge in [0.2, 0.25) is 0 Å². The lowest BCUT2D eigenvalue weighted by atomic mass is 9.84. The second kappa shape index (κ2) is 7.31. The number of rotatable bonds is 1. The standard InChI is InChI=1S/C23H21ClN2O2S/c1-15(16-6-4-7-18(24)13-16)20-21(27)25-22(29-20)26-11-9-23(10-12-26)19-8-3-2-5-17(19)14-28-23/h2-8,13H,9-12,14H2,1H3. The highest BCUT2D eigenvalue weighted by Crippen LogP contribution is 2.45. The average Bonchev–Trinajstić information content (AvgIpc) is 3.30. The van der Waals surface area contributed by atoms with Gasteiger partial charge < -0.3 is 9.64 Å². The first-order valence-electron chi connectivity index (χ1n) is 9.81. The van der Waals surface area contributed by atoms with Crippen LogP contribution < -0.4 is 0 Å². The number of ether oxygens (including phenoxy) is 1. The second-order valence-corrected chi connectivity index (χ2v) is 9.11. The molecule has 0 aliphatic carbocycles. The normalized spacial score (nSPS) is 22.1. The molecule has 0 bridgehead atoms. The number of benzene rings is 2. The summed E-state index contributed by atoms with van der Waals surface area (Å²) in [7, 11) is 0. The molecule has 0 radical (unpaired) electrons. The van der Waals surface area contributed by atoms with Gasteiger partial charge in [0.15, 0.2) is 5.17 Å². The monoisotopic (exact) mass is 424 g/mol. The molecule has 6 heteroatoms. The molecule has 0 N–H and O–H groups in total. The summed E-state index contributed by atoms with van der Waals surface area (Å²) >= 11 is 7.59. The molecule has 148 valence electrons. The van der Waals surface area contributed by atoms with Crippen LogP contribution in [0.15, 0.2) is 58.4 Å². The fourth-order valence-corrected chi connectivity index (χ4v) is 5.59. The van der Waals surface area contributed by atoms with Crippen molar-refractivity contribution in [1.82, 2.24) is 4.90 Å². The zero-order valence-electron chi connectivity index (χ0n) is 16.2. The zero-order valence-corrected chi connectivity index (χ0v) is 17.7. The summed E-state index contributed by atoms with van der Waals surface area (Å²) in [4.78, 5) is 19.9. The average molecular weight is 425 g/mol. The molecule has 1 saturated heterocycles. The minimum atomic E-state index is -0.184. The number of likely N-dealkylation sites (tertiary alicyclic amines) is 1. The van der Waals surface area contributed by atoms with Crippen LogP contribution in [0.5, 0.6) is 0 Å². The maximum Gasteiger partial charge on any atom is 0.286 e. The van der Waals surface area contributed by atoms with Gasteiger partial charge in [0.1, 0.15) is 0 Å². The van der Waals surface area contributed by atoms with E-state index in [-0.39, 0.29) is 11.5 Å². The molecule has 3 aliphatic rings. The Morgan fingerprint density at radius 3 is 2.76 bits per heavy atom. The molecule has 5 rings (SSSR count). The first-order chi connectivity index (χ1) is 14.1. The number of carbonyl (C=O) groups is 1. The van der Waals surface area contributed by atoms with Gasteiger partial charge in [-0.1, -0.05) is 48.0 Å². The molecule has 29 heavy (non-hydrogen) atoms. The number of hydrogen-bond donors (Lipinski definition) is 0. The quantitative estimate of drug-likeness (QED) is 0.588. The number of fused-ring (bicyclic) bond motifs is 2. The minimum Gasteiger partial charge on any atom is -0.365 e. The number of hydrogen-bond acceptors (Lipinski definition) is 4. The van der Waals surface area contributed by atoms with E-state index in [1.54, 1.807) is 0 Å². The smallest absolute Gasteiger partial charge is 0.286 e.